The average Bonchev–Trinajstić information content (AvgIpc) is 2.58. The summed E-state index contributed by atoms with van der Waals surface area (Å²) >= 11 is 0. The summed E-state index contributed by atoms with van der Waals surface area (Å²) in [6, 6.07) is 6.46. The molecule has 0 bridgehead atoms. The second kappa shape index (κ2) is 6.82. The third-order valence-electron chi connectivity index (χ3n) is 4.50. The van der Waals surface area contributed by atoms with E-state index in [2.05, 4.69) is 4.98 Å². The minimum Gasteiger partial charge on any atom is -0.297 e. The molecule has 0 amide bonds. The van der Waals surface area contributed by atoms with Gasteiger partial charge in [0.2, 0.25) is 0 Å². The third kappa shape index (κ3) is 3.29. The molecule has 0 spiro atoms. The zero-order valence-corrected chi connectivity index (χ0v) is 13.3. The van der Waals surface area contributed by atoms with E-state index in [1.807, 2.05) is 0 Å². The van der Waals surface area contributed by atoms with Gasteiger partial charge in [-0.05, 0) is 44.1 Å². The van der Waals surface area contributed by atoms with Crippen LogP contribution in [0.1, 0.15) is 36.1 Å². The number of aromatic nitrogens is 2. The number of nitrogens with one attached hydrogen (secondary N) is 1. The van der Waals surface area contributed by atoms with Gasteiger partial charge in [0.05, 0.1) is 4.92 Å². The number of aromatic amines is 1. The smallest absolute Gasteiger partial charge is 0.297 e. The summed E-state index contributed by atoms with van der Waals surface area (Å²) in [4.78, 5) is 36.6. The Balaban J connectivity index is 1.72. The van der Waals surface area contributed by atoms with Crippen LogP contribution in [0.5, 0.6) is 0 Å². The summed E-state index contributed by atoms with van der Waals surface area (Å²) in [5, 5.41) is 10.7. The lowest BCUT2D eigenvalue weighted by molar-refractivity contribution is -0.384. The van der Waals surface area contributed by atoms with E-state index in [1.165, 1.54) is 12.1 Å². The number of non-ortho nitro benzene ring substituents is 1. The highest BCUT2D eigenvalue weighted by atomic mass is 16.6. The van der Waals surface area contributed by atoms with E-state index in [4.69, 9.17) is 0 Å². The number of benzene rings is 1. The van der Waals surface area contributed by atoms with Crippen LogP contribution in [0, 0.1) is 10.1 Å². The van der Waals surface area contributed by atoms with Gasteiger partial charge >= 0.3 is 5.69 Å². The maximum Gasteiger partial charge on any atom is 0.328 e. The Kier molecular flexibility index (Phi) is 4.59. The molecule has 0 saturated heterocycles. The fourth-order valence-corrected chi connectivity index (χ4v) is 3.26. The number of aryl methyl sites for hydroxylation is 1. The van der Waals surface area contributed by atoms with Gasteiger partial charge in [0.15, 0.2) is 0 Å². The van der Waals surface area contributed by atoms with E-state index in [0.717, 1.165) is 55.3 Å². The lowest BCUT2D eigenvalue weighted by Crippen LogP contribution is -2.36. The number of hydrogen-bond donors (Lipinski definition) is 1. The van der Waals surface area contributed by atoms with Crippen molar-refractivity contribution in [3.63, 3.8) is 0 Å². The van der Waals surface area contributed by atoms with Gasteiger partial charge in [-0.2, -0.15) is 0 Å². The van der Waals surface area contributed by atoms with Crippen molar-refractivity contribution >= 4 is 5.69 Å². The zero-order valence-electron chi connectivity index (χ0n) is 13.3. The molecule has 1 N–H and O–H groups in total. The molecule has 7 nitrogen and oxygen atoms in total. The lowest BCUT2D eigenvalue weighted by atomic mass is 9.96. The van der Waals surface area contributed by atoms with Gasteiger partial charge in [-0.15, -0.1) is 0 Å². The molecule has 0 saturated carbocycles. The van der Waals surface area contributed by atoms with Gasteiger partial charge in [-0.25, -0.2) is 4.79 Å². The third-order valence-corrected chi connectivity index (χ3v) is 4.50. The average molecular weight is 329 g/mol. The van der Waals surface area contributed by atoms with Gasteiger partial charge < -0.3 is 0 Å². The highest BCUT2D eigenvalue weighted by Gasteiger charge is 2.17. The normalized spacial score (nSPS) is 13.5. The Hall–Kier alpha value is -2.70. The molecule has 0 aliphatic heterocycles. The number of hydrogen-bond acceptors (Lipinski definition) is 4. The first-order valence-electron chi connectivity index (χ1n) is 8.14. The Morgan fingerprint density at radius 2 is 1.83 bits per heavy atom. The van der Waals surface area contributed by atoms with Crippen LogP contribution in [0.15, 0.2) is 33.9 Å². The summed E-state index contributed by atoms with van der Waals surface area (Å²) in [6.07, 6.45) is 4.93. The van der Waals surface area contributed by atoms with Crippen molar-refractivity contribution < 1.29 is 4.92 Å². The van der Waals surface area contributed by atoms with Crippen molar-refractivity contribution in [2.24, 2.45) is 0 Å². The van der Waals surface area contributed by atoms with E-state index in [-0.39, 0.29) is 16.9 Å². The molecule has 126 valence electrons. The Morgan fingerprint density at radius 3 is 2.54 bits per heavy atom. The summed E-state index contributed by atoms with van der Waals surface area (Å²) in [7, 11) is 0. The van der Waals surface area contributed by atoms with Crippen molar-refractivity contribution in [3.8, 4) is 0 Å². The fourth-order valence-electron chi connectivity index (χ4n) is 3.26. The first-order chi connectivity index (χ1) is 11.6. The number of fused-ring (bicyclic) bond motifs is 1. The van der Waals surface area contributed by atoms with Crippen molar-refractivity contribution in [2.45, 2.75) is 45.1 Å². The van der Waals surface area contributed by atoms with Crippen LogP contribution in [0.25, 0.3) is 0 Å². The SMILES string of the molecule is O=c1[nH]c(=O)n(CCCc2ccc([N+](=O)[O-])cc2)c2c1CCCC2. The maximum absolute atomic E-state index is 12.1. The van der Waals surface area contributed by atoms with Crippen molar-refractivity contribution in [3.05, 3.63) is 72.0 Å². The van der Waals surface area contributed by atoms with Gasteiger partial charge in [0.1, 0.15) is 0 Å². The van der Waals surface area contributed by atoms with E-state index >= 15 is 0 Å². The van der Waals surface area contributed by atoms with Gasteiger partial charge in [0.25, 0.3) is 11.2 Å². The number of H-pyrrole nitrogens is 1. The molecular formula is C17H19N3O4. The number of nitro benzene ring substituents is 1. The molecule has 24 heavy (non-hydrogen) atoms. The molecule has 0 radical (unpaired) electrons. The van der Waals surface area contributed by atoms with Gasteiger partial charge in [-0.3, -0.25) is 24.5 Å². The first-order valence-corrected chi connectivity index (χ1v) is 8.14. The van der Waals surface area contributed by atoms with E-state index < -0.39 is 4.92 Å². The van der Waals surface area contributed by atoms with E-state index in [0.29, 0.717) is 6.54 Å². The number of nitrogens with zero attached hydrogens (tertiary/aromatic N) is 2. The monoisotopic (exact) mass is 329 g/mol. The first kappa shape index (κ1) is 16.2. The van der Waals surface area contributed by atoms with Crippen LogP contribution in [-0.2, 0) is 25.8 Å². The quantitative estimate of drug-likeness (QED) is 0.669. The number of rotatable bonds is 5. The fraction of sp³-hybridized carbons (Fsp3) is 0.412. The highest BCUT2D eigenvalue weighted by molar-refractivity contribution is 5.32. The van der Waals surface area contributed by atoms with E-state index in [1.54, 1.807) is 16.7 Å². The molecule has 0 atom stereocenters. The largest absolute Gasteiger partial charge is 0.328 e. The molecule has 7 heteroatoms. The maximum atomic E-state index is 12.1. The Bertz CT molecular complexity index is 865. The van der Waals surface area contributed by atoms with Crippen LogP contribution in [-0.4, -0.2) is 14.5 Å². The predicted octanol–water partition coefficient (Wildman–Crippen LogP) is 1.96. The van der Waals surface area contributed by atoms with Crippen molar-refractivity contribution in [2.75, 3.05) is 0 Å². The van der Waals surface area contributed by atoms with Gasteiger partial charge in [0, 0.05) is 29.9 Å². The van der Waals surface area contributed by atoms with Crippen LogP contribution >= 0.6 is 0 Å². The minimum atomic E-state index is -0.421. The second-order valence-corrected chi connectivity index (χ2v) is 6.07. The molecule has 3 rings (SSSR count). The molecule has 1 aromatic heterocycles. The van der Waals surface area contributed by atoms with Crippen LogP contribution in [0.3, 0.4) is 0 Å². The molecule has 2 aromatic rings. The number of nitro groups is 1. The lowest BCUT2D eigenvalue weighted by Gasteiger charge is -2.19. The molecule has 0 fully saturated rings. The molecule has 1 aliphatic rings. The highest BCUT2D eigenvalue weighted by Crippen LogP contribution is 2.17. The minimum absolute atomic E-state index is 0.0738. The molecule has 1 aromatic carbocycles. The van der Waals surface area contributed by atoms with E-state index in [9.17, 15) is 19.7 Å². The second-order valence-electron chi connectivity index (χ2n) is 6.07. The Labute approximate surface area is 138 Å². The molecular weight excluding hydrogens is 310 g/mol. The molecule has 1 heterocycles. The predicted molar refractivity (Wildman–Crippen MR) is 89.4 cm³/mol. The van der Waals surface area contributed by atoms with Crippen molar-refractivity contribution in [1.82, 2.24) is 9.55 Å². The van der Waals surface area contributed by atoms with Crippen LogP contribution in [0.2, 0.25) is 0 Å². The van der Waals surface area contributed by atoms with Crippen LogP contribution < -0.4 is 11.2 Å². The zero-order chi connectivity index (χ0) is 17.1. The van der Waals surface area contributed by atoms with Gasteiger partial charge in [-0.1, -0.05) is 12.1 Å². The summed E-state index contributed by atoms with van der Waals surface area (Å²) in [5.41, 5.74) is 2.09. The standard InChI is InChI=1S/C17H19N3O4/c21-16-14-5-1-2-6-15(14)19(17(22)18-16)11-3-4-12-7-9-13(10-8-12)20(23)24/h7-10H,1-6,11H2,(H,18,21,22). The van der Waals surface area contributed by atoms with Crippen molar-refractivity contribution in [1.29, 1.82) is 0 Å². The summed E-state index contributed by atoms with van der Waals surface area (Å²) in [6.45, 7) is 0.537. The molecule has 1 aliphatic carbocycles. The topological polar surface area (TPSA) is 98.0 Å². The Morgan fingerprint density at radius 1 is 1.12 bits per heavy atom. The van der Waals surface area contributed by atoms with Crippen LogP contribution in [0.4, 0.5) is 5.69 Å². The summed E-state index contributed by atoms with van der Waals surface area (Å²) < 4.78 is 1.68. The molecule has 0 unspecified atom stereocenters. The summed E-state index contributed by atoms with van der Waals surface area (Å²) in [5.74, 6) is 0.